The topological polar surface area (TPSA) is 85.8 Å². The largest absolute Gasteiger partial charge is 0.379 e. The number of aromatic nitrogens is 3. The van der Waals surface area contributed by atoms with E-state index in [-0.39, 0.29) is 0 Å². The van der Waals surface area contributed by atoms with Crippen molar-refractivity contribution in [1.29, 1.82) is 0 Å². The molecule has 5 aromatic rings. The molecule has 0 radical (unpaired) electrons. The summed E-state index contributed by atoms with van der Waals surface area (Å²) in [6.07, 6.45) is 4.04. The maximum Gasteiger partial charge on any atom is 0.249 e. The molecule has 1 amide bonds. The van der Waals surface area contributed by atoms with Gasteiger partial charge in [-0.1, -0.05) is 60.7 Å². The van der Waals surface area contributed by atoms with E-state index in [1.165, 1.54) is 0 Å². The average Bonchev–Trinajstić information content (AvgIpc) is 3.27. The third-order valence-corrected chi connectivity index (χ3v) is 5.65. The Morgan fingerprint density at radius 2 is 1.58 bits per heavy atom. The number of pyridine rings is 1. The van der Waals surface area contributed by atoms with Gasteiger partial charge in [-0.25, -0.2) is 9.97 Å². The summed E-state index contributed by atoms with van der Waals surface area (Å²) < 4.78 is 1.94. The number of hydrogen-bond acceptors (Lipinski definition) is 4. The van der Waals surface area contributed by atoms with E-state index in [0.717, 1.165) is 39.2 Å². The summed E-state index contributed by atoms with van der Waals surface area (Å²) in [5.74, 6) is -0.464. The highest BCUT2D eigenvalue weighted by atomic mass is 16.1. The first-order valence-corrected chi connectivity index (χ1v) is 10.8. The molecule has 3 N–H and O–H groups in total. The predicted molar refractivity (Wildman–Crippen MR) is 130 cm³/mol. The van der Waals surface area contributed by atoms with Crippen LogP contribution >= 0.6 is 0 Å². The van der Waals surface area contributed by atoms with Gasteiger partial charge < -0.3 is 11.1 Å². The summed E-state index contributed by atoms with van der Waals surface area (Å²) >= 11 is 0. The molecule has 33 heavy (non-hydrogen) atoms. The second kappa shape index (κ2) is 8.96. The summed E-state index contributed by atoms with van der Waals surface area (Å²) in [7, 11) is 0. The highest BCUT2D eigenvalue weighted by molar-refractivity contribution is 5.97. The molecule has 0 aliphatic heterocycles. The Hall–Kier alpha value is -4.45. The summed E-state index contributed by atoms with van der Waals surface area (Å²) in [5.41, 5.74) is 12.6. The van der Waals surface area contributed by atoms with Crippen LogP contribution in [-0.2, 0) is 13.0 Å². The fraction of sp³-hybridized carbons (Fsp3) is 0.0741. The minimum Gasteiger partial charge on any atom is -0.379 e. The summed E-state index contributed by atoms with van der Waals surface area (Å²) in [6, 6.07) is 27.7. The smallest absolute Gasteiger partial charge is 0.249 e. The lowest BCUT2D eigenvalue weighted by Crippen LogP contribution is -2.17. The zero-order valence-corrected chi connectivity index (χ0v) is 18.0. The number of anilines is 1. The second-order valence-corrected chi connectivity index (χ2v) is 7.81. The van der Waals surface area contributed by atoms with Gasteiger partial charge in [0.05, 0.1) is 11.4 Å². The van der Waals surface area contributed by atoms with Gasteiger partial charge in [-0.15, -0.1) is 0 Å². The Labute approximate surface area is 191 Å². The van der Waals surface area contributed by atoms with Crippen LogP contribution < -0.4 is 11.1 Å². The Morgan fingerprint density at radius 1 is 0.848 bits per heavy atom. The van der Waals surface area contributed by atoms with E-state index in [2.05, 4.69) is 27.4 Å². The first-order chi connectivity index (χ1) is 16.2. The normalized spacial score (nSPS) is 10.9. The van der Waals surface area contributed by atoms with Crippen LogP contribution in [0.4, 0.5) is 5.69 Å². The molecule has 5 rings (SSSR count). The minimum atomic E-state index is -0.464. The molecule has 0 aliphatic rings. The number of hydrogen-bond donors (Lipinski definition) is 2. The van der Waals surface area contributed by atoms with E-state index in [0.29, 0.717) is 18.5 Å². The molecule has 2 aromatic heterocycles. The van der Waals surface area contributed by atoms with Gasteiger partial charge >= 0.3 is 0 Å². The van der Waals surface area contributed by atoms with Crippen molar-refractivity contribution in [2.24, 2.45) is 5.73 Å². The van der Waals surface area contributed by atoms with Crippen molar-refractivity contribution < 1.29 is 4.79 Å². The van der Waals surface area contributed by atoms with Crippen molar-refractivity contribution in [2.45, 2.75) is 13.0 Å². The van der Waals surface area contributed by atoms with Crippen molar-refractivity contribution >= 4 is 22.8 Å². The molecular formula is C27H23N5O. The van der Waals surface area contributed by atoms with Gasteiger partial charge in [-0.2, -0.15) is 0 Å². The van der Waals surface area contributed by atoms with Crippen LogP contribution in [0, 0.1) is 0 Å². The van der Waals surface area contributed by atoms with Gasteiger partial charge in [0, 0.05) is 24.7 Å². The van der Waals surface area contributed by atoms with Crippen molar-refractivity contribution in [3.63, 3.8) is 0 Å². The Kier molecular flexibility index (Phi) is 5.55. The summed E-state index contributed by atoms with van der Waals surface area (Å²) in [6.45, 7) is 0.634. The Morgan fingerprint density at radius 3 is 2.30 bits per heavy atom. The number of nitrogens with zero attached hydrogens (tertiary/aromatic N) is 3. The molecule has 0 saturated carbocycles. The third-order valence-electron chi connectivity index (χ3n) is 5.65. The maximum absolute atomic E-state index is 12.4. The molecule has 0 aliphatic carbocycles. The van der Waals surface area contributed by atoms with E-state index in [1.807, 2.05) is 71.3 Å². The van der Waals surface area contributed by atoms with Crippen molar-refractivity contribution in [1.82, 2.24) is 14.5 Å². The van der Waals surface area contributed by atoms with Crippen LogP contribution in [0.2, 0.25) is 0 Å². The van der Waals surface area contributed by atoms with Gasteiger partial charge in [-0.3, -0.25) is 9.36 Å². The van der Waals surface area contributed by atoms with Gasteiger partial charge in [0.1, 0.15) is 11.8 Å². The number of carbonyl (C=O) groups excluding carboxylic acids is 1. The van der Waals surface area contributed by atoms with E-state index in [4.69, 9.17) is 5.73 Å². The van der Waals surface area contributed by atoms with E-state index in [9.17, 15) is 4.79 Å². The van der Waals surface area contributed by atoms with Gasteiger partial charge in [-0.05, 0) is 41.0 Å². The second-order valence-electron chi connectivity index (χ2n) is 7.81. The first-order valence-electron chi connectivity index (χ1n) is 10.8. The average molecular weight is 434 g/mol. The lowest BCUT2D eigenvalue weighted by atomic mass is 9.96. The highest BCUT2D eigenvalue weighted by Crippen LogP contribution is 2.32. The maximum atomic E-state index is 12.4. The molecule has 3 aromatic carbocycles. The number of fused-ring (bicyclic) bond motifs is 1. The molecule has 6 nitrogen and oxygen atoms in total. The fourth-order valence-electron chi connectivity index (χ4n) is 4.07. The van der Waals surface area contributed by atoms with Crippen LogP contribution in [-0.4, -0.2) is 20.4 Å². The quantitative estimate of drug-likeness (QED) is 0.389. The monoisotopic (exact) mass is 433 g/mol. The predicted octanol–water partition coefficient (Wildman–Crippen LogP) is 4.72. The van der Waals surface area contributed by atoms with Crippen molar-refractivity contribution in [3.05, 3.63) is 120 Å². The Balaban J connectivity index is 1.70. The van der Waals surface area contributed by atoms with Gasteiger partial charge in [0.25, 0.3) is 0 Å². The van der Waals surface area contributed by atoms with Crippen LogP contribution in [0.5, 0.6) is 0 Å². The molecule has 0 saturated heterocycles. The van der Waals surface area contributed by atoms with E-state index < -0.39 is 5.91 Å². The number of nitrogens with one attached hydrogen (secondary N) is 1. The molecule has 0 spiro atoms. The number of imidazole rings is 1. The fourth-order valence-corrected chi connectivity index (χ4v) is 4.07. The molecule has 0 fully saturated rings. The molecule has 6 heteroatoms. The van der Waals surface area contributed by atoms with Gasteiger partial charge in [0.2, 0.25) is 5.91 Å². The third kappa shape index (κ3) is 4.19. The molecule has 2 heterocycles. The SMILES string of the molecule is NC(=O)c1ccc(NCc2ccccc2)c(-n2cnc3cccnc32)c1Cc1ccccc1. The number of rotatable bonds is 7. The number of benzene rings is 3. The molecular weight excluding hydrogens is 410 g/mol. The zero-order valence-electron chi connectivity index (χ0n) is 18.0. The minimum absolute atomic E-state index is 0.464. The molecule has 0 unspecified atom stereocenters. The summed E-state index contributed by atoms with van der Waals surface area (Å²) in [5, 5.41) is 3.55. The first kappa shape index (κ1) is 20.5. The van der Waals surface area contributed by atoms with Crippen LogP contribution in [0.1, 0.15) is 27.0 Å². The standard InChI is InChI=1S/C27H23N5O/c28-26(33)21-13-14-23(30-17-20-10-5-2-6-11-20)25(22(21)16-19-8-3-1-4-9-19)32-18-31-24-12-7-15-29-27(24)32/h1-15,18,30H,16-17H2,(H2,28,33). The van der Waals surface area contributed by atoms with Crippen molar-refractivity contribution in [3.8, 4) is 5.69 Å². The van der Waals surface area contributed by atoms with Crippen LogP contribution in [0.3, 0.4) is 0 Å². The zero-order chi connectivity index (χ0) is 22.6. The van der Waals surface area contributed by atoms with Crippen molar-refractivity contribution in [2.75, 3.05) is 5.32 Å². The number of amides is 1. The van der Waals surface area contributed by atoms with E-state index in [1.54, 1.807) is 18.6 Å². The lowest BCUT2D eigenvalue weighted by molar-refractivity contribution is 0.0999. The number of nitrogens with two attached hydrogens (primary N) is 1. The molecule has 0 atom stereocenters. The van der Waals surface area contributed by atoms with Crippen LogP contribution in [0.25, 0.3) is 16.9 Å². The number of primary amides is 1. The van der Waals surface area contributed by atoms with Gasteiger partial charge in [0.15, 0.2) is 5.65 Å². The Bertz CT molecular complexity index is 1410. The van der Waals surface area contributed by atoms with Crippen LogP contribution in [0.15, 0.2) is 97.5 Å². The van der Waals surface area contributed by atoms with E-state index >= 15 is 0 Å². The lowest BCUT2D eigenvalue weighted by Gasteiger charge is -2.20. The highest BCUT2D eigenvalue weighted by Gasteiger charge is 2.20. The summed E-state index contributed by atoms with van der Waals surface area (Å²) in [4.78, 5) is 21.5. The number of carbonyl (C=O) groups is 1. The molecule has 162 valence electrons. The molecule has 0 bridgehead atoms.